The van der Waals surface area contributed by atoms with Crippen LogP contribution in [-0.2, 0) is 0 Å². The van der Waals surface area contributed by atoms with Crippen molar-refractivity contribution in [3.8, 4) is 0 Å². The summed E-state index contributed by atoms with van der Waals surface area (Å²) < 4.78 is 0. The van der Waals surface area contributed by atoms with E-state index in [1.54, 1.807) is 0 Å². The highest BCUT2D eigenvalue weighted by Crippen LogP contribution is 2.24. The summed E-state index contributed by atoms with van der Waals surface area (Å²) in [5.74, 6) is 1.19. The fourth-order valence-corrected chi connectivity index (χ4v) is 3.71. The van der Waals surface area contributed by atoms with Crippen LogP contribution in [0.1, 0.15) is 58.3 Å². The van der Waals surface area contributed by atoms with Crippen LogP contribution in [0.5, 0.6) is 0 Å². The highest BCUT2D eigenvalue weighted by Gasteiger charge is 2.20. The molecule has 0 saturated carbocycles. The first-order chi connectivity index (χ1) is 8.65. The minimum Gasteiger partial charge on any atom is -0.126 e. The van der Waals surface area contributed by atoms with Gasteiger partial charge in [-0.1, -0.05) is 45.4 Å². The van der Waals surface area contributed by atoms with Crippen LogP contribution >= 0.6 is 46.4 Å². The summed E-state index contributed by atoms with van der Waals surface area (Å²) in [5, 5.41) is 0.162. The molecule has 0 N–H and O–H groups in total. The van der Waals surface area contributed by atoms with Crippen LogP contribution in [0.3, 0.4) is 0 Å². The third-order valence-corrected chi connectivity index (χ3v) is 4.98. The van der Waals surface area contributed by atoms with E-state index in [0.717, 1.165) is 12.8 Å². The molecule has 0 aliphatic carbocycles. The van der Waals surface area contributed by atoms with Gasteiger partial charge < -0.3 is 0 Å². The van der Waals surface area contributed by atoms with Crippen molar-refractivity contribution < 1.29 is 0 Å². The van der Waals surface area contributed by atoms with Crippen molar-refractivity contribution in [3.05, 3.63) is 0 Å². The van der Waals surface area contributed by atoms with E-state index in [-0.39, 0.29) is 16.7 Å². The molecule has 110 valence electrons. The monoisotopic (exact) mass is 334 g/mol. The third kappa shape index (κ3) is 10.0. The van der Waals surface area contributed by atoms with Gasteiger partial charge in [-0.25, -0.2) is 0 Å². The van der Waals surface area contributed by atoms with Gasteiger partial charge in [0.15, 0.2) is 0 Å². The molecule has 0 fully saturated rings. The molecular formula is C14H26Cl4. The molecule has 2 unspecified atom stereocenters. The highest BCUT2D eigenvalue weighted by atomic mass is 35.5. The molecule has 2 atom stereocenters. The summed E-state index contributed by atoms with van der Waals surface area (Å²) in [4.78, 5) is 0. The van der Waals surface area contributed by atoms with Crippen molar-refractivity contribution in [2.24, 2.45) is 5.92 Å². The fourth-order valence-electron chi connectivity index (χ4n) is 1.94. The van der Waals surface area contributed by atoms with Gasteiger partial charge in [0.05, 0.1) is 0 Å². The molecule has 0 aromatic rings. The predicted octanol–water partition coefficient (Wildman–Crippen LogP) is 6.44. The zero-order chi connectivity index (χ0) is 13.8. The minimum absolute atomic E-state index is 0.00240. The second-order valence-electron chi connectivity index (χ2n) is 4.97. The fraction of sp³-hybridized carbons (Fsp3) is 1.00. The summed E-state index contributed by atoms with van der Waals surface area (Å²) in [7, 11) is 0. The van der Waals surface area contributed by atoms with E-state index in [1.165, 1.54) is 38.5 Å². The molecule has 0 saturated heterocycles. The first-order valence-electron chi connectivity index (χ1n) is 7.05. The average Bonchev–Trinajstić information content (AvgIpc) is 2.35. The molecule has 0 amide bonds. The van der Waals surface area contributed by atoms with Gasteiger partial charge in [-0.2, -0.15) is 0 Å². The Hall–Kier alpha value is 1.16. The van der Waals surface area contributed by atoms with Gasteiger partial charge in [-0.15, -0.1) is 46.4 Å². The average molecular weight is 336 g/mol. The van der Waals surface area contributed by atoms with E-state index >= 15 is 0 Å². The zero-order valence-electron chi connectivity index (χ0n) is 11.3. The molecule has 0 aliphatic heterocycles. The smallest absolute Gasteiger partial charge is 0.0401 e. The summed E-state index contributed by atoms with van der Waals surface area (Å²) in [6.45, 7) is 2.24. The Morgan fingerprint density at radius 3 is 1.94 bits per heavy atom. The maximum Gasteiger partial charge on any atom is 0.0401 e. The van der Waals surface area contributed by atoms with Crippen molar-refractivity contribution in [3.63, 3.8) is 0 Å². The second-order valence-corrected chi connectivity index (χ2v) is 6.77. The van der Waals surface area contributed by atoms with E-state index < -0.39 is 0 Å². The van der Waals surface area contributed by atoms with Gasteiger partial charge in [0.25, 0.3) is 0 Å². The lowest BCUT2D eigenvalue weighted by atomic mass is 10.0. The van der Waals surface area contributed by atoms with E-state index in [2.05, 4.69) is 6.92 Å². The van der Waals surface area contributed by atoms with Crippen LogP contribution < -0.4 is 0 Å². The van der Waals surface area contributed by atoms with Crippen molar-refractivity contribution in [2.75, 3.05) is 11.8 Å². The lowest BCUT2D eigenvalue weighted by Crippen LogP contribution is -2.21. The third-order valence-electron chi connectivity index (χ3n) is 3.26. The molecule has 18 heavy (non-hydrogen) atoms. The maximum atomic E-state index is 6.30. The Morgan fingerprint density at radius 1 is 0.833 bits per heavy atom. The number of rotatable bonds is 12. The SMILES string of the molecule is CCCCCCCCC(Cl)CC(Cl)C(CCl)CCl. The van der Waals surface area contributed by atoms with Crippen molar-refractivity contribution in [1.82, 2.24) is 0 Å². The molecule has 0 nitrogen and oxygen atoms in total. The number of halogens is 4. The lowest BCUT2D eigenvalue weighted by Gasteiger charge is -2.20. The largest absolute Gasteiger partial charge is 0.126 e. The second kappa shape index (κ2) is 13.2. The Bertz CT molecular complexity index is 171. The number of alkyl halides is 4. The van der Waals surface area contributed by atoms with Crippen LogP contribution in [0.4, 0.5) is 0 Å². The van der Waals surface area contributed by atoms with Gasteiger partial charge in [0.1, 0.15) is 0 Å². The van der Waals surface area contributed by atoms with E-state index in [1.807, 2.05) is 0 Å². The first kappa shape index (κ1) is 19.2. The summed E-state index contributed by atoms with van der Waals surface area (Å²) in [6, 6.07) is 0. The summed E-state index contributed by atoms with van der Waals surface area (Å²) in [5.41, 5.74) is 0. The van der Waals surface area contributed by atoms with Crippen LogP contribution in [-0.4, -0.2) is 22.5 Å². The van der Waals surface area contributed by atoms with Crippen molar-refractivity contribution in [2.45, 2.75) is 69.0 Å². The number of unbranched alkanes of at least 4 members (excludes halogenated alkanes) is 5. The Balaban J connectivity index is 3.54. The van der Waals surface area contributed by atoms with Gasteiger partial charge in [-0.3, -0.25) is 0 Å². The molecule has 0 radical (unpaired) electrons. The molecule has 0 bridgehead atoms. The first-order valence-corrected chi connectivity index (χ1v) is 8.99. The Morgan fingerprint density at radius 2 is 1.39 bits per heavy atom. The molecule has 0 aromatic heterocycles. The number of hydrogen-bond donors (Lipinski definition) is 0. The van der Waals surface area contributed by atoms with Crippen LogP contribution in [0.25, 0.3) is 0 Å². The summed E-state index contributed by atoms with van der Waals surface area (Å²) in [6.07, 6.45) is 9.66. The van der Waals surface area contributed by atoms with Gasteiger partial charge in [0, 0.05) is 28.4 Å². The van der Waals surface area contributed by atoms with Gasteiger partial charge in [-0.05, 0) is 12.8 Å². The van der Waals surface area contributed by atoms with Crippen LogP contribution in [0, 0.1) is 5.92 Å². The number of hydrogen-bond acceptors (Lipinski definition) is 0. The van der Waals surface area contributed by atoms with Crippen molar-refractivity contribution >= 4 is 46.4 Å². The Labute approximate surface area is 133 Å². The predicted molar refractivity (Wildman–Crippen MR) is 86.8 cm³/mol. The lowest BCUT2D eigenvalue weighted by molar-refractivity contribution is 0.523. The molecule has 0 heterocycles. The van der Waals surface area contributed by atoms with E-state index in [4.69, 9.17) is 46.4 Å². The maximum absolute atomic E-state index is 6.30. The molecule has 4 heteroatoms. The highest BCUT2D eigenvalue weighted by molar-refractivity contribution is 6.26. The topological polar surface area (TPSA) is 0 Å². The normalized spacial score (nSPS) is 15.0. The van der Waals surface area contributed by atoms with E-state index in [9.17, 15) is 0 Å². The zero-order valence-corrected chi connectivity index (χ0v) is 14.3. The van der Waals surface area contributed by atoms with Crippen LogP contribution in [0.15, 0.2) is 0 Å². The molecule has 0 aromatic carbocycles. The quantitative estimate of drug-likeness (QED) is 0.284. The van der Waals surface area contributed by atoms with Gasteiger partial charge >= 0.3 is 0 Å². The van der Waals surface area contributed by atoms with E-state index in [0.29, 0.717) is 11.8 Å². The molecule has 0 aliphatic rings. The minimum atomic E-state index is 0.00240. The van der Waals surface area contributed by atoms with Gasteiger partial charge in [0.2, 0.25) is 0 Å². The molecule has 0 rings (SSSR count). The summed E-state index contributed by atoms with van der Waals surface area (Å²) >= 11 is 24.2. The molecule has 0 spiro atoms. The standard InChI is InChI=1S/C14H26Cl4/c1-2-3-4-5-6-7-8-13(17)9-14(18)12(10-15)11-16/h12-14H,2-11H2,1H3. The van der Waals surface area contributed by atoms with Crippen LogP contribution in [0.2, 0.25) is 0 Å². The van der Waals surface area contributed by atoms with Crippen molar-refractivity contribution in [1.29, 1.82) is 0 Å². The Kier molecular flexibility index (Phi) is 14.0. The molecular weight excluding hydrogens is 310 g/mol.